The van der Waals surface area contributed by atoms with Crippen LogP contribution in [0.2, 0.25) is 0 Å². The fourth-order valence-corrected chi connectivity index (χ4v) is 2.81. The van der Waals surface area contributed by atoms with E-state index in [2.05, 4.69) is 0 Å². The van der Waals surface area contributed by atoms with Gasteiger partial charge >= 0.3 is 0 Å². The Morgan fingerprint density at radius 3 is 1.54 bits per heavy atom. The van der Waals surface area contributed by atoms with E-state index < -0.39 is 0 Å². The van der Waals surface area contributed by atoms with E-state index >= 15 is 0 Å². The zero-order valence-corrected chi connectivity index (χ0v) is 15.3. The van der Waals surface area contributed by atoms with Crippen LogP contribution in [0.5, 0.6) is 11.5 Å². The maximum Gasteiger partial charge on any atom is 0.290 e. The zero-order chi connectivity index (χ0) is 17.4. The lowest BCUT2D eigenvalue weighted by molar-refractivity contribution is 0.435. The predicted octanol–water partition coefficient (Wildman–Crippen LogP) is 3.65. The van der Waals surface area contributed by atoms with Crippen molar-refractivity contribution >= 4 is 11.4 Å². The molecular formula is C20H24N2O4. The van der Waals surface area contributed by atoms with Crippen molar-refractivity contribution in [1.82, 2.24) is 0 Å². The topological polar surface area (TPSA) is 107 Å². The smallest absolute Gasteiger partial charge is 0.290 e. The van der Waals surface area contributed by atoms with Crippen molar-refractivity contribution in [2.45, 2.75) is 0 Å². The molecule has 0 unspecified atom stereocenters. The molecule has 0 aliphatic heterocycles. The second-order valence-electron chi connectivity index (χ2n) is 6.33. The molecule has 0 spiro atoms. The van der Waals surface area contributed by atoms with Gasteiger partial charge in [-0.1, -0.05) is 0 Å². The summed E-state index contributed by atoms with van der Waals surface area (Å²) in [4.78, 5) is 4.01. The molecule has 0 bridgehead atoms. The van der Waals surface area contributed by atoms with Crippen molar-refractivity contribution in [2.24, 2.45) is 0 Å². The van der Waals surface area contributed by atoms with Crippen LogP contribution in [0.4, 0.5) is 11.4 Å². The molecular weight excluding hydrogens is 332 g/mol. The van der Waals surface area contributed by atoms with Crippen molar-refractivity contribution in [2.75, 3.05) is 38.0 Å². The van der Waals surface area contributed by atoms with Gasteiger partial charge in [-0.15, -0.1) is 0 Å². The fraction of sp³-hybridized carbons (Fsp3) is 0.200. The quantitative estimate of drug-likeness (QED) is 0.691. The van der Waals surface area contributed by atoms with E-state index in [1.807, 2.05) is 86.5 Å². The van der Waals surface area contributed by atoms with Gasteiger partial charge in [0, 0.05) is 58.1 Å². The van der Waals surface area contributed by atoms with Gasteiger partial charge in [-0.05, 0) is 24.3 Å². The Bertz CT molecular complexity index is 743. The molecule has 0 atom stereocenters. The van der Waals surface area contributed by atoms with E-state index in [1.165, 1.54) is 0 Å². The second kappa shape index (κ2) is 7.95. The first-order valence-corrected chi connectivity index (χ1v) is 7.83. The van der Waals surface area contributed by atoms with Crippen LogP contribution in [0.3, 0.4) is 0 Å². The highest BCUT2D eigenvalue weighted by Crippen LogP contribution is 2.54. The van der Waals surface area contributed by atoms with Crippen LogP contribution in [-0.4, -0.2) is 49.4 Å². The summed E-state index contributed by atoms with van der Waals surface area (Å²) in [5.41, 5.74) is 4.77. The van der Waals surface area contributed by atoms with Gasteiger partial charge < -0.3 is 31.0 Å². The summed E-state index contributed by atoms with van der Waals surface area (Å²) in [7, 11) is 7.90. The van der Waals surface area contributed by atoms with Crippen molar-refractivity contribution in [1.29, 1.82) is 0 Å². The molecule has 0 heterocycles. The van der Waals surface area contributed by atoms with E-state index in [1.54, 1.807) is 0 Å². The lowest BCUT2D eigenvalue weighted by Crippen LogP contribution is -2.08. The number of nitrogens with zero attached hydrogens (tertiary/aromatic N) is 2. The average molecular weight is 356 g/mol. The first-order valence-electron chi connectivity index (χ1n) is 7.83. The Hall–Kier alpha value is -2.96. The Labute approximate surface area is 153 Å². The molecule has 3 aromatic rings. The van der Waals surface area contributed by atoms with Crippen LogP contribution in [-0.2, 0) is 0 Å². The average Bonchev–Trinajstić information content (AvgIpc) is 2.56. The number of anilines is 2. The molecule has 26 heavy (non-hydrogen) atoms. The molecule has 0 amide bonds. The molecule has 4 N–H and O–H groups in total. The standard InChI is InChI=1S/C20H21N2O2.2H2O/c1-21(2)15-9-5-13(6-10-15)17-19(23)18(20(17)24)14-7-11-16(12-8-14)22(3)4;;/h5-12,23H,1-4H3;2*1H2/q+1;;/p-1. The third-order valence-corrected chi connectivity index (χ3v) is 4.29. The number of rotatable bonds is 4. The van der Waals surface area contributed by atoms with Crippen molar-refractivity contribution in [3.8, 4) is 33.8 Å². The van der Waals surface area contributed by atoms with Crippen LogP contribution in [0.15, 0.2) is 48.5 Å². The Morgan fingerprint density at radius 2 is 1.15 bits per heavy atom. The van der Waals surface area contributed by atoms with Crippen LogP contribution >= 0.6 is 0 Å². The maximum atomic E-state index is 10.4. The molecule has 6 nitrogen and oxygen atoms in total. The highest BCUT2D eigenvalue weighted by atomic mass is 16.3. The first kappa shape index (κ1) is 21.1. The van der Waals surface area contributed by atoms with E-state index in [9.17, 15) is 10.2 Å². The minimum atomic E-state index is 0. The fourth-order valence-electron chi connectivity index (χ4n) is 2.81. The van der Waals surface area contributed by atoms with Crippen molar-refractivity contribution in [3.63, 3.8) is 0 Å². The van der Waals surface area contributed by atoms with Crippen LogP contribution in [0.1, 0.15) is 0 Å². The molecule has 0 fully saturated rings. The minimum Gasteiger partial charge on any atom is -0.870 e. The van der Waals surface area contributed by atoms with Crippen LogP contribution in [0, 0.1) is 0 Å². The summed E-state index contributed by atoms with van der Waals surface area (Å²) in [6, 6.07) is 15.5. The van der Waals surface area contributed by atoms with Gasteiger partial charge in [0.25, 0.3) is 11.5 Å². The Balaban J connectivity index is 0.00000169. The number of hydrogen-bond donors (Lipinski definition) is 2. The van der Waals surface area contributed by atoms with Gasteiger partial charge in [-0.25, -0.2) is 0 Å². The van der Waals surface area contributed by atoms with Crippen LogP contribution in [0.25, 0.3) is 22.3 Å². The van der Waals surface area contributed by atoms with E-state index in [4.69, 9.17) is 0 Å². The molecule has 138 valence electrons. The van der Waals surface area contributed by atoms with Gasteiger partial charge in [-0.3, -0.25) is 0 Å². The van der Waals surface area contributed by atoms with Crippen molar-refractivity contribution in [3.05, 3.63) is 48.5 Å². The Morgan fingerprint density at radius 1 is 0.731 bits per heavy atom. The third kappa shape index (κ3) is 3.51. The molecule has 0 saturated heterocycles. The molecule has 3 rings (SSSR count). The largest absolute Gasteiger partial charge is 0.870 e. The molecule has 0 aromatic heterocycles. The minimum absolute atomic E-state index is 0. The van der Waals surface area contributed by atoms with Gasteiger partial charge in [0.1, 0.15) is 5.56 Å². The molecule has 3 aromatic carbocycles. The number of hydrogen-bond acceptors (Lipinski definition) is 6. The van der Waals surface area contributed by atoms with Gasteiger partial charge in [-0.2, -0.15) is 0 Å². The molecule has 0 saturated carbocycles. The lowest BCUT2D eigenvalue weighted by Gasteiger charge is -2.13. The number of aromatic hydroxyl groups is 2. The monoisotopic (exact) mass is 356 g/mol. The normalized spacial score (nSPS) is 10.0. The molecule has 0 aliphatic carbocycles. The second-order valence-corrected chi connectivity index (χ2v) is 6.33. The zero-order valence-electron chi connectivity index (χ0n) is 15.3. The van der Waals surface area contributed by atoms with E-state index in [0.717, 1.165) is 22.5 Å². The molecule has 6 heteroatoms. The summed E-state index contributed by atoms with van der Waals surface area (Å²) in [5.74, 6) is 0.283. The highest BCUT2D eigenvalue weighted by Gasteiger charge is 2.40. The predicted molar refractivity (Wildman–Crippen MR) is 104 cm³/mol. The summed E-state index contributed by atoms with van der Waals surface area (Å²) in [6.07, 6.45) is 0. The first-order chi connectivity index (χ1) is 11.4. The summed E-state index contributed by atoms with van der Waals surface area (Å²) >= 11 is 0. The van der Waals surface area contributed by atoms with Crippen molar-refractivity contribution < 1.29 is 21.2 Å². The van der Waals surface area contributed by atoms with Gasteiger partial charge in [0.15, 0.2) is 0 Å². The summed E-state index contributed by atoms with van der Waals surface area (Å²) in [5, 5.41) is 20.9. The summed E-state index contributed by atoms with van der Waals surface area (Å²) < 4.78 is 0. The van der Waals surface area contributed by atoms with E-state index in [-0.39, 0.29) is 22.5 Å². The van der Waals surface area contributed by atoms with Gasteiger partial charge in [0.05, 0.1) is 11.3 Å². The van der Waals surface area contributed by atoms with Gasteiger partial charge in [0.2, 0.25) is 11.1 Å². The highest BCUT2D eigenvalue weighted by molar-refractivity contribution is 5.98. The molecule has 0 aliphatic rings. The summed E-state index contributed by atoms with van der Waals surface area (Å²) in [6.45, 7) is 0. The van der Waals surface area contributed by atoms with E-state index in [0.29, 0.717) is 11.1 Å². The third-order valence-electron chi connectivity index (χ3n) is 4.29. The molecule has 0 radical (unpaired) electrons. The lowest BCUT2D eigenvalue weighted by atomic mass is 9.89. The van der Waals surface area contributed by atoms with Crippen LogP contribution < -0.4 is 9.80 Å². The number of benzene rings is 2. The Kier molecular flexibility index (Phi) is 6.44. The SMILES string of the molecule is CN(C)c1ccc(-c2c(O)[c+](-c3ccc(N(C)C)cc3)[c+]2O)cc1.[OH-].[OH-]. The maximum absolute atomic E-state index is 10.4.